The summed E-state index contributed by atoms with van der Waals surface area (Å²) in [7, 11) is 0. The maximum atomic E-state index is 12.4. The molecule has 1 fully saturated rings. The Balaban J connectivity index is 1.75. The highest BCUT2D eigenvalue weighted by molar-refractivity contribution is 6.05. The van der Waals surface area contributed by atoms with Gasteiger partial charge in [-0.05, 0) is 61.7 Å². The van der Waals surface area contributed by atoms with Gasteiger partial charge < -0.3 is 10.2 Å². The fraction of sp³-hybridized carbons (Fsp3) is 0.250. The zero-order valence-corrected chi connectivity index (χ0v) is 14.1. The highest BCUT2D eigenvalue weighted by Gasteiger charge is 2.19. The maximum absolute atomic E-state index is 12.4. The van der Waals surface area contributed by atoms with E-state index in [2.05, 4.69) is 11.4 Å². The van der Waals surface area contributed by atoms with Gasteiger partial charge in [0.25, 0.3) is 5.91 Å². The van der Waals surface area contributed by atoms with Gasteiger partial charge in [0, 0.05) is 29.9 Å². The van der Waals surface area contributed by atoms with Gasteiger partial charge in [-0.25, -0.2) is 0 Å². The van der Waals surface area contributed by atoms with E-state index in [9.17, 15) is 9.59 Å². The Hall–Kier alpha value is -3.13. The van der Waals surface area contributed by atoms with Gasteiger partial charge >= 0.3 is 0 Å². The molecule has 1 heterocycles. The van der Waals surface area contributed by atoms with Gasteiger partial charge in [-0.1, -0.05) is 6.07 Å². The van der Waals surface area contributed by atoms with Gasteiger partial charge in [0.05, 0.1) is 11.6 Å². The van der Waals surface area contributed by atoms with Crippen molar-refractivity contribution < 1.29 is 9.59 Å². The molecule has 2 amide bonds. The van der Waals surface area contributed by atoms with E-state index in [4.69, 9.17) is 5.26 Å². The minimum absolute atomic E-state index is 0.132. The Bertz CT molecular complexity index is 850. The third kappa shape index (κ3) is 3.69. The highest BCUT2D eigenvalue weighted by atomic mass is 16.2. The lowest BCUT2D eigenvalue weighted by Crippen LogP contribution is -2.35. The summed E-state index contributed by atoms with van der Waals surface area (Å²) < 4.78 is 0. The largest absolute Gasteiger partial charge is 0.322 e. The molecule has 0 radical (unpaired) electrons. The molecule has 2 aromatic carbocycles. The lowest BCUT2D eigenvalue weighted by Gasteiger charge is -2.26. The van der Waals surface area contributed by atoms with Gasteiger partial charge in [0.2, 0.25) is 5.91 Å². The van der Waals surface area contributed by atoms with Crippen molar-refractivity contribution in [3.8, 4) is 6.07 Å². The van der Waals surface area contributed by atoms with Crippen LogP contribution in [0.2, 0.25) is 0 Å². The summed E-state index contributed by atoms with van der Waals surface area (Å²) in [5.74, 6) is -0.109. The van der Waals surface area contributed by atoms with E-state index < -0.39 is 0 Å². The molecule has 2 aromatic rings. The first kappa shape index (κ1) is 16.7. The van der Waals surface area contributed by atoms with Gasteiger partial charge in [-0.2, -0.15) is 5.26 Å². The number of rotatable bonds is 3. The molecule has 5 heteroatoms. The first-order valence-corrected chi connectivity index (χ1v) is 8.31. The smallest absolute Gasteiger partial charge is 0.255 e. The van der Waals surface area contributed by atoms with Crippen LogP contribution in [0.1, 0.15) is 40.7 Å². The average molecular weight is 333 g/mol. The van der Waals surface area contributed by atoms with E-state index >= 15 is 0 Å². The zero-order valence-electron chi connectivity index (χ0n) is 14.1. The van der Waals surface area contributed by atoms with Gasteiger partial charge in [-0.3, -0.25) is 9.59 Å². The molecule has 126 valence electrons. The molecule has 0 spiro atoms. The van der Waals surface area contributed by atoms with Gasteiger partial charge in [0.1, 0.15) is 0 Å². The standard InChI is InChI=1S/C20H19N3O2/c1-14-5-6-15(13-21)12-18(14)22-20(25)16-7-9-17(10-8-16)23-11-3-2-4-19(23)24/h5-10,12H,2-4,11H2,1H3,(H,22,25). The third-order valence-corrected chi connectivity index (χ3v) is 4.38. The predicted molar refractivity (Wildman–Crippen MR) is 96.5 cm³/mol. The normalized spacial score (nSPS) is 14.1. The first-order chi connectivity index (χ1) is 12.1. The Labute approximate surface area is 146 Å². The van der Waals surface area contributed by atoms with E-state index in [1.165, 1.54) is 0 Å². The fourth-order valence-corrected chi connectivity index (χ4v) is 2.89. The van der Waals surface area contributed by atoms with Crippen LogP contribution < -0.4 is 10.2 Å². The number of carbonyl (C=O) groups is 2. The molecule has 1 aliphatic rings. The Kier molecular flexibility index (Phi) is 4.80. The van der Waals surface area contributed by atoms with Crippen molar-refractivity contribution in [1.29, 1.82) is 5.26 Å². The number of carbonyl (C=O) groups excluding carboxylic acids is 2. The van der Waals surface area contributed by atoms with Crippen molar-refractivity contribution >= 4 is 23.2 Å². The second-order valence-electron chi connectivity index (χ2n) is 6.14. The Morgan fingerprint density at radius 3 is 2.60 bits per heavy atom. The summed E-state index contributed by atoms with van der Waals surface area (Å²) >= 11 is 0. The van der Waals surface area contributed by atoms with Crippen LogP contribution >= 0.6 is 0 Å². The second kappa shape index (κ2) is 7.18. The summed E-state index contributed by atoms with van der Waals surface area (Å²) in [5, 5.41) is 11.8. The van der Waals surface area contributed by atoms with Crippen molar-refractivity contribution in [3.05, 3.63) is 59.2 Å². The highest BCUT2D eigenvalue weighted by Crippen LogP contribution is 2.22. The van der Waals surface area contributed by atoms with Crippen molar-refractivity contribution in [1.82, 2.24) is 0 Å². The van der Waals surface area contributed by atoms with Crippen LogP contribution in [0.4, 0.5) is 11.4 Å². The Morgan fingerprint density at radius 2 is 1.92 bits per heavy atom. The number of piperidine rings is 1. The quantitative estimate of drug-likeness (QED) is 0.932. The van der Waals surface area contributed by atoms with Crippen LogP contribution in [0, 0.1) is 18.3 Å². The minimum atomic E-state index is -0.241. The lowest BCUT2D eigenvalue weighted by atomic mass is 10.1. The topological polar surface area (TPSA) is 73.2 Å². The number of hydrogen-bond donors (Lipinski definition) is 1. The predicted octanol–water partition coefficient (Wildman–Crippen LogP) is 3.64. The molecular formula is C20H19N3O2. The molecule has 1 saturated heterocycles. The van der Waals surface area contributed by atoms with Crippen LogP contribution in [0.5, 0.6) is 0 Å². The number of benzene rings is 2. The second-order valence-corrected chi connectivity index (χ2v) is 6.14. The summed E-state index contributed by atoms with van der Waals surface area (Å²) in [6.07, 6.45) is 2.52. The number of anilines is 2. The monoisotopic (exact) mass is 333 g/mol. The van der Waals surface area contributed by atoms with Gasteiger partial charge in [0.15, 0.2) is 0 Å². The third-order valence-electron chi connectivity index (χ3n) is 4.38. The molecule has 0 saturated carbocycles. The van der Waals surface area contributed by atoms with E-state index in [1.54, 1.807) is 47.4 Å². The SMILES string of the molecule is Cc1ccc(C#N)cc1NC(=O)c1ccc(N2CCCCC2=O)cc1. The van der Waals surface area contributed by atoms with E-state index in [-0.39, 0.29) is 11.8 Å². The summed E-state index contributed by atoms with van der Waals surface area (Å²) in [4.78, 5) is 26.2. The van der Waals surface area contributed by atoms with Gasteiger partial charge in [-0.15, -0.1) is 0 Å². The molecule has 1 aliphatic heterocycles. The van der Waals surface area contributed by atoms with Crippen molar-refractivity contribution in [2.45, 2.75) is 26.2 Å². The zero-order chi connectivity index (χ0) is 17.8. The van der Waals surface area contributed by atoms with E-state index in [0.29, 0.717) is 23.2 Å². The number of amides is 2. The molecule has 3 rings (SSSR count). The molecule has 0 atom stereocenters. The molecule has 0 bridgehead atoms. The molecule has 0 aliphatic carbocycles. The van der Waals surface area contributed by atoms with Crippen LogP contribution in [-0.2, 0) is 4.79 Å². The molecule has 25 heavy (non-hydrogen) atoms. The maximum Gasteiger partial charge on any atom is 0.255 e. The number of nitriles is 1. The first-order valence-electron chi connectivity index (χ1n) is 8.31. The fourth-order valence-electron chi connectivity index (χ4n) is 2.89. The van der Waals surface area contributed by atoms with Crippen LogP contribution in [0.25, 0.3) is 0 Å². The summed E-state index contributed by atoms with van der Waals surface area (Å²) in [6.45, 7) is 2.60. The van der Waals surface area contributed by atoms with Crippen molar-refractivity contribution in [2.24, 2.45) is 0 Å². The minimum Gasteiger partial charge on any atom is -0.322 e. The number of nitrogens with one attached hydrogen (secondary N) is 1. The molecular weight excluding hydrogens is 314 g/mol. The molecule has 0 aromatic heterocycles. The summed E-state index contributed by atoms with van der Waals surface area (Å²) in [6, 6.07) is 14.3. The lowest BCUT2D eigenvalue weighted by molar-refractivity contribution is -0.119. The van der Waals surface area contributed by atoms with Crippen molar-refractivity contribution in [2.75, 3.05) is 16.8 Å². The molecule has 1 N–H and O–H groups in total. The molecule has 0 unspecified atom stereocenters. The Morgan fingerprint density at radius 1 is 1.16 bits per heavy atom. The number of aryl methyl sites for hydroxylation is 1. The summed E-state index contributed by atoms with van der Waals surface area (Å²) in [5.41, 5.74) is 3.35. The number of nitrogens with zero attached hydrogens (tertiary/aromatic N) is 2. The number of hydrogen-bond acceptors (Lipinski definition) is 3. The molecule has 5 nitrogen and oxygen atoms in total. The van der Waals surface area contributed by atoms with Crippen LogP contribution in [0.3, 0.4) is 0 Å². The van der Waals surface area contributed by atoms with E-state index in [0.717, 1.165) is 30.6 Å². The van der Waals surface area contributed by atoms with Crippen LogP contribution in [-0.4, -0.2) is 18.4 Å². The van der Waals surface area contributed by atoms with Crippen molar-refractivity contribution in [3.63, 3.8) is 0 Å². The van der Waals surface area contributed by atoms with Crippen LogP contribution in [0.15, 0.2) is 42.5 Å². The average Bonchev–Trinajstić information content (AvgIpc) is 2.64. The van der Waals surface area contributed by atoms with E-state index in [1.807, 2.05) is 6.92 Å².